The van der Waals surface area contributed by atoms with Crippen LogP contribution in [-0.4, -0.2) is 16.0 Å². The van der Waals surface area contributed by atoms with E-state index in [2.05, 4.69) is 28.8 Å². The highest BCUT2D eigenvalue weighted by atomic mass is 35.5. The van der Waals surface area contributed by atoms with Gasteiger partial charge >= 0.3 is 0 Å². The number of nitrogens with one attached hydrogen (secondary N) is 1. The molecule has 1 aromatic rings. The van der Waals surface area contributed by atoms with Gasteiger partial charge in [0.05, 0.1) is 0 Å². The molecule has 6 heteroatoms. The van der Waals surface area contributed by atoms with Gasteiger partial charge in [-0.2, -0.15) is 10.5 Å². The van der Waals surface area contributed by atoms with E-state index >= 15 is 0 Å². The molecule has 1 unspecified atom stereocenters. The van der Waals surface area contributed by atoms with Crippen molar-refractivity contribution in [3.05, 3.63) is 29.2 Å². The number of anilines is 1. The van der Waals surface area contributed by atoms with Gasteiger partial charge in [0.2, 0.25) is 0 Å². The molecule has 1 rings (SSSR count). The van der Waals surface area contributed by atoms with E-state index in [1.807, 2.05) is 6.07 Å². The Morgan fingerprint density at radius 1 is 1.30 bits per heavy atom. The minimum Gasteiger partial charge on any atom is -0.361 e. The second-order valence-electron chi connectivity index (χ2n) is 4.27. The molecule has 5 nitrogen and oxygen atoms in total. The number of halogens is 1. The molecule has 1 aromatic heterocycles. The van der Waals surface area contributed by atoms with Crippen LogP contribution in [0.3, 0.4) is 0 Å². The second-order valence-corrected chi connectivity index (χ2v) is 4.62. The number of nitriles is 2. The molecule has 0 amide bonds. The van der Waals surface area contributed by atoms with Gasteiger partial charge in [-0.05, 0) is 6.42 Å². The number of rotatable bonds is 7. The van der Waals surface area contributed by atoms with E-state index in [-0.39, 0.29) is 22.6 Å². The lowest BCUT2D eigenvalue weighted by Crippen LogP contribution is -2.18. The van der Waals surface area contributed by atoms with Crippen LogP contribution in [0, 0.1) is 22.7 Å². The molecule has 0 saturated heterocycles. The van der Waals surface area contributed by atoms with Crippen LogP contribution in [-0.2, 0) is 0 Å². The Morgan fingerprint density at radius 2 is 1.95 bits per heavy atom. The summed E-state index contributed by atoms with van der Waals surface area (Å²) < 4.78 is 0. The first-order chi connectivity index (χ1) is 9.65. The standard InChI is InChI=1S/C14H16ClN5/c1-3-5-6-7-10(4-2)18-14-13(15)19-11(8-16)12(9-17)20-14/h4,10H,2-3,5-7H2,1H3,(H,18,20). The number of unbranched alkanes of at least 4 members (excludes halogenated alkanes) is 2. The van der Waals surface area contributed by atoms with Gasteiger partial charge in [0, 0.05) is 6.04 Å². The lowest BCUT2D eigenvalue weighted by molar-refractivity contribution is 0.641. The lowest BCUT2D eigenvalue weighted by Gasteiger charge is -2.16. The number of aromatic nitrogens is 2. The molecule has 20 heavy (non-hydrogen) atoms. The van der Waals surface area contributed by atoms with Gasteiger partial charge in [-0.15, -0.1) is 6.58 Å². The van der Waals surface area contributed by atoms with Gasteiger partial charge < -0.3 is 5.32 Å². The van der Waals surface area contributed by atoms with Crippen molar-refractivity contribution in [3.8, 4) is 12.1 Å². The maximum Gasteiger partial charge on any atom is 0.179 e. The average Bonchev–Trinajstić information content (AvgIpc) is 2.47. The molecule has 0 aliphatic rings. The Morgan fingerprint density at radius 3 is 2.50 bits per heavy atom. The predicted octanol–water partition coefficient (Wildman–Crippen LogP) is 3.42. The third kappa shape index (κ3) is 4.22. The van der Waals surface area contributed by atoms with Crippen molar-refractivity contribution in [2.24, 2.45) is 0 Å². The summed E-state index contributed by atoms with van der Waals surface area (Å²) in [5, 5.41) is 21.0. The van der Waals surface area contributed by atoms with Crippen molar-refractivity contribution in [2.75, 3.05) is 5.32 Å². The van der Waals surface area contributed by atoms with Crippen molar-refractivity contribution in [2.45, 2.75) is 38.6 Å². The van der Waals surface area contributed by atoms with E-state index in [1.165, 1.54) is 0 Å². The number of hydrogen-bond donors (Lipinski definition) is 1. The van der Waals surface area contributed by atoms with E-state index in [0.29, 0.717) is 5.82 Å². The van der Waals surface area contributed by atoms with E-state index < -0.39 is 0 Å². The van der Waals surface area contributed by atoms with Crippen LogP contribution in [0.5, 0.6) is 0 Å². The molecule has 0 saturated carbocycles. The van der Waals surface area contributed by atoms with Crippen LogP contribution in [0.25, 0.3) is 0 Å². The minimum absolute atomic E-state index is 0.00725. The summed E-state index contributed by atoms with van der Waals surface area (Å²) in [5.74, 6) is 0.309. The second kappa shape index (κ2) is 8.14. The monoisotopic (exact) mass is 289 g/mol. The first-order valence-electron chi connectivity index (χ1n) is 6.43. The fourth-order valence-corrected chi connectivity index (χ4v) is 1.88. The van der Waals surface area contributed by atoms with Crippen LogP contribution in [0.1, 0.15) is 44.0 Å². The molecule has 0 fully saturated rings. The molecule has 0 radical (unpaired) electrons. The maximum atomic E-state index is 8.93. The van der Waals surface area contributed by atoms with E-state index in [0.717, 1.165) is 25.7 Å². The molecule has 1 atom stereocenters. The highest BCUT2D eigenvalue weighted by Gasteiger charge is 2.14. The molecule has 0 bridgehead atoms. The Labute approximate surface area is 123 Å². The van der Waals surface area contributed by atoms with Gasteiger partial charge in [0.1, 0.15) is 12.1 Å². The Kier molecular flexibility index (Phi) is 6.49. The largest absolute Gasteiger partial charge is 0.361 e. The third-order valence-corrected chi connectivity index (χ3v) is 3.05. The van der Waals surface area contributed by atoms with E-state index in [9.17, 15) is 0 Å². The van der Waals surface area contributed by atoms with Gasteiger partial charge in [-0.25, -0.2) is 9.97 Å². The van der Waals surface area contributed by atoms with Crippen molar-refractivity contribution >= 4 is 17.4 Å². The smallest absolute Gasteiger partial charge is 0.179 e. The average molecular weight is 290 g/mol. The first kappa shape index (κ1) is 15.9. The highest BCUT2D eigenvalue weighted by Crippen LogP contribution is 2.20. The van der Waals surface area contributed by atoms with Crippen molar-refractivity contribution in [1.29, 1.82) is 10.5 Å². The SMILES string of the molecule is C=CC(CCCCC)Nc1nc(C#N)c(C#N)nc1Cl. The maximum absolute atomic E-state index is 8.93. The van der Waals surface area contributed by atoms with Crippen LogP contribution < -0.4 is 5.32 Å². The summed E-state index contributed by atoms with van der Waals surface area (Å²) in [6.45, 7) is 5.91. The summed E-state index contributed by atoms with van der Waals surface area (Å²) >= 11 is 5.97. The molecule has 0 aromatic carbocycles. The molecule has 1 N–H and O–H groups in total. The van der Waals surface area contributed by atoms with Gasteiger partial charge in [-0.3, -0.25) is 0 Å². The molecule has 0 spiro atoms. The minimum atomic E-state index is -0.0656. The molecule has 0 aliphatic heterocycles. The Bertz CT molecular complexity index is 556. The quantitative estimate of drug-likeness (QED) is 0.614. The Hall–Kier alpha value is -2.11. The zero-order valence-electron chi connectivity index (χ0n) is 11.4. The summed E-state index contributed by atoms with van der Waals surface area (Å²) in [7, 11) is 0. The Balaban J connectivity index is 2.88. The summed E-state index contributed by atoms with van der Waals surface area (Å²) in [6, 6.07) is 3.64. The van der Waals surface area contributed by atoms with Crippen LogP contribution in [0.2, 0.25) is 5.15 Å². The van der Waals surface area contributed by atoms with Crippen molar-refractivity contribution in [3.63, 3.8) is 0 Å². The topological polar surface area (TPSA) is 85.4 Å². The molecule has 0 aliphatic carbocycles. The summed E-state index contributed by atoms with van der Waals surface area (Å²) in [5.41, 5.74) is -0.0973. The van der Waals surface area contributed by atoms with Crippen LogP contribution in [0.4, 0.5) is 5.82 Å². The molecule has 1 heterocycles. The van der Waals surface area contributed by atoms with Gasteiger partial charge in [0.25, 0.3) is 0 Å². The fourth-order valence-electron chi connectivity index (χ4n) is 1.70. The first-order valence-corrected chi connectivity index (χ1v) is 6.80. The zero-order valence-corrected chi connectivity index (χ0v) is 12.1. The fraction of sp³-hybridized carbons (Fsp3) is 0.429. The summed E-state index contributed by atoms with van der Waals surface area (Å²) in [6.07, 6.45) is 6.02. The van der Waals surface area contributed by atoms with Gasteiger partial charge in [-0.1, -0.05) is 43.9 Å². The molecular weight excluding hydrogens is 274 g/mol. The zero-order chi connectivity index (χ0) is 15.0. The molecule has 104 valence electrons. The van der Waals surface area contributed by atoms with Crippen LogP contribution >= 0.6 is 11.6 Å². The summed E-state index contributed by atoms with van der Waals surface area (Å²) in [4.78, 5) is 7.91. The van der Waals surface area contributed by atoms with Crippen molar-refractivity contribution < 1.29 is 0 Å². The lowest BCUT2D eigenvalue weighted by atomic mass is 10.1. The van der Waals surface area contributed by atoms with E-state index in [4.69, 9.17) is 22.1 Å². The highest BCUT2D eigenvalue weighted by molar-refractivity contribution is 6.31. The third-order valence-electron chi connectivity index (χ3n) is 2.79. The number of nitrogens with zero attached hydrogens (tertiary/aromatic N) is 4. The van der Waals surface area contributed by atoms with Crippen molar-refractivity contribution in [1.82, 2.24) is 9.97 Å². The normalized spacial score (nSPS) is 11.2. The molecular formula is C14H16ClN5. The number of hydrogen-bond acceptors (Lipinski definition) is 5. The predicted molar refractivity (Wildman–Crippen MR) is 78.2 cm³/mol. The van der Waals surface area contributed by atoms with Gasteiger partial charge in [0.15, 0.2) is 22.4 Å². The van der Waals surface area contributed by atoms with E-state index in [1.54, 1.807) is 12.1 Å². The van der Waals surface area contributed by atoms with Crippen LogP contribution in [0.15, 0.2) is 12.7 Å².